The van der Waals surface area contributed by atoms with Crippen molar-refractivity contribution in [3.63, 3.8) is 0 Å². The molecule has 0 spiro atoms. The first-order valence-corrected chi connectivity index (χ1v) is 13.0. The van der Waals surface area contributed by atoms with Crippen LogP contribution in [-0.4, -0.2) is 36.6 Å². The molecular weight excluding hydrogens is 460 g/mol. The molecule has 0 atom stereocenters. The van der Waals surface area contributed by atoms with Gasteiger partial charge in [0.2, 0.25) is 11.0 Å². The maximum atomic E-state index is 12.4. The topological polar surface area (TPSA) is 85.6 Å². The number of amides is 1. The minimum Gasteiger partial charge on any atom is -0.302 e. The molecule has 1 amide bonds. The summed E-state index contributed by atoms with van der Waals surface area (Å²) in [6, 6.07) is 8.56. The first kappa shape index (κ1) is 22.6. The third kappa shape index (κ3) is 4.77. The molecule has 1 aromatic carbocycles. The summed E-state index contributed by atoms with van der Waals surface area (Å²) in [6.07, 6.45) is 0.803. The van der Waals surface area contributed by atoms with E-state index in [9.17, 15) is 4.79 Å². The molecule has 0 saturated carbocycles. The number of thioether (sulfide) groups is 1. The number of anilines is 1. The highest BCUT2D eigenvalue weighted by Crippen LogP contribution is 2.39. The average molecular weight is 485 g/mol. The first-order chi connectivity index (χ1) is 15.5. The van der Waals surface area contributed by atoms with Crippen LogP contribution in [0.25, 0.3) is 22.5 Å². The summed E-state index contributed by atoms with van der Waals surface area (Å²) >= 11 is 4.49. The number of carbonyl (C=O) groups is 1. The van der Waals surface area contributed by atoms with Gasteiger partial charge in [-0.15, -0.1) is 31.7 Å². The van der Waals surface area contributed by atoms with Crippen molar-refractivity contribution in [2.24, 2.45) is 0 Å². The number of thiophene rings is 1. The Morgan fingerprint density at radius 1 is 1.09 bits per heavy atom. The third-order valence-corrected chi connectivity index (χ3v) is 7.80. The molecule has 1 N–H and O–H groups in total. The fourth-order valence-electron chi connectivity index (χ4n) is 3.31. The molecule has 0 bridgehead atoms. The highest BCUT2D eigenvalue weighted by Gasteiger charge is 2.20. The molecule has 0 saturated heterocycles. The molecule has 4 rings (SSSR count). The van der Waals surface area contributed by atoms with Gasteiger partial charge in [0, 0.05) is 27.9 Å². The Kier molecular flexibility index (Phi) is 7.02. The van der Waals surface area contributed by atoms with Crippen molar-refractivity contribution in [3.8, 4) is 22.5 Å². The van der Waals surface area contributed by atoms with E-state index >= 15 is 0 Å². The fourth-order valence-corrected chi connectivity index (χ4v) is 5.67. The van der Waals surface area contributed by atoms with Crippen LogP contribution in [-0.2, 0) is 17.8 Å². The number of rotatable bonds is 8. The van der Waals surface area contributed by atoms with E-state index in [2.05, 4.69) is 80.7 Å². The Labute approximate surface area is 199 Å². The zero-order chi connectivity index (χ0) is 22.7. The Hall–Kier alpha value is -2.56. The lowest BCUT2D eigenvalue weighted by Crippen LogP contribution is -2.14. The maximum Gasteiger partial charge on any atom is 0.236 e. The van der Waals surface area contributed by atoms with E-state index in [0.717, 1.165) is 28.0 Å². The van der Waals surface area contributed by atoms with Crippen LogP contribution in [0.1, 0.15) is 29.3 Å². The number of hydrogen-bond acceptors (Lipinski definition) is 8. The van der Waals surface area contributed by atoms with Crippen molar-refractivity contribution >= 4 is 45.5 Å². The monoisotopic (exact) mass is 484 g/mol. The molecular formula is C22H24N6OS3. The normalized spacial score (nSPS) is 11.1. The van der Waals surface area contributed by atoms with Crippen LogP contribution in [0.4, 0.5) is 5.13 Å². The fraction of sp³-hybridized carbons (Fsp3) is 0.318. The number of nitrogens with one attached hydrogen (secondary N) is 1. The Morgan fingerprint density at radius 3 is 2.56 bits per heavy atom. The van der Waals surface area contributed by atoms with E-state index < -0.39 is 0 Å². The van der Waals surface area contributed by atoms with E-state index in [4.69, 9.17) is 0 Å². The van der Waals surface area contributed by atoms with E-state index in [0.29, 0.717) is 11.7 Å². The van der Waals surface area contributed by atoms with Gasteiger partial charge in [-0.05, 0) is 32.8 Å². The lowest BCUT2D eigenvalue weighted by molar-refractivity contribution is -0.113. The molecule has 3 heterocycles. The van der Waals surface area contributed by atoms with Crippen LogP contribution >= 0.6 is 34.4 Å². The maximum absolute atomic E-state index is 12.4. The molecule has 10 heteroatoms. The number of aryl methyl sites for hydroxylation is 3. The molecule has 4 aromatic rings. The predicted octanol–water partition coefficient (Wildman–Crippen LogP) is 5.46. The quantitative estimate of drug-likeness (QED) is 0.335. The molecule has 0 fully saturated rings. The van der Waals surface area contributed by atoms with Gasteiger partial charge >= 0.3 is 0 Å². The molecule has 0 aliphatic heterocycles. The summed E-state index contributed by atoms with van der Waals surface area (Å²) in [7, 11) is 0. The standard InChI is InChI=1S/C22H24N6OS3/c1-5-18-24-26-21(32-18)23-17(29)12-31-22-27-25-20(28(22)6-2)16-11-30-14(4)19(16)15-9-7-13(3)8-10-15/h7-11H,5-6,12H2,1-4H3,(H,23,26,29). The van der Waals surface area contributed by atoms with E-state index in [1.165, 1.54) is 44.7 Å². The number of hydrogen-bond donors (Lipinski definition) is 1. The van der Waals surface area contributed by atoms with Crippen molar-refractivity contribution in [2.75, 3.05) is 11.1 Å². The summed E-state index contributed by atoms with van der Waals surface area (Å²) in [5.74, 6) is 0.923. The zero-order valence-corrected chi connectivity index (χ0v) is 20.8. The van der Waals surface area contributed by atoms with Gasteiger partial charge in [0.25, 0.3) is 0 Å². The molecule has 0 unspecified atom stereocenters. The number of benzene rings is 1. The Bertz CT molecular complexity index is 1230. The lowest BCUT2D eigenvalue weighted by atomic mass is 10.0. The van der Waals surface area contributed by atoms with Gasteiger partial charge in [0.15, 0.2) is 11.0 Å². The van der Waals surface area contributed by atoms with Crippen LogP contribution in [0.15, 0.2) is 34.8 Å². The minimum atomic E-state index is -0.132. The lowest BCUT2D eigenvalue weighted by Gasteiger charge is -2.09. The van der Waals surface area contributed by atoms with Gasteiger partial charge in [-0.25, -0.2) is 0 Å². The van der Waals surface area contributed by atoms with Crippen molar-refractivity contribution in [3.05, 3.63) is 45.1 Å². The molecule has 32 heavy (non-hydrogen) atoms. The zero-order valence-electron chi connectivity index (χ0n) is 18.4. The highest BCUT2D eigenvalue weighted by atomic mass is 32.2. The SMILES string of the molecule is CCc1nnc(NC(=O)CSc2nnc(-c3csc(C)c3-c3ccc(C)cc3)n2CC)s1. The van der Waals surface area contributed by atoms with Gasteiger partial charge in [0.1, 0.15) is 5.01 Å². The molecule has 3 aromatic heterocycles. The molecule has 0 radical (unpaired) electrons. The van der Waals surface area contributed by atoms with E-state index in [1.54, 1.807) is 11.3 Å². The highest BCUT2D eigenvalue weighted by molar-refractivity contribution is 7.99. The van der Waals surface area contributed by atoms with Crippen LogP contribution in [0.5, 0.6) is 0 Å². The van der Waals surface area contributed by atoms with Gasteiger partial charge in [0.05, 0.1) is 5.75 Å². The van der Waals surface area contributed by atoms with Gasteiger partial charge in [-0.3, -0.25) is 10.1 Å². The van der Waals surface area contributed by atoms with Crippen molar-refractivity contribution < 1.29 is 4.79 Å². The van der Waals surface area contributed by atoms with Gasteiger partial charge in [-0.2, -0.15) is 0 Å². The smallest absolute Gasteiger partial charge is 0.236 e. The average Bonchev–Trinajstić information content (AvgIpc) is 3.50. The summed E-state index contributed by atoms with van der Waals surface area (Å²) < 4.78 is 2.07. The number of carbonyl (C=O) groups excluding carboxylic acids is 1. The van der Waals surface area contributed by atoms with Gasteiger partial charge < -0.3 is 4.57 Å². The van der Waals surface area contributed by atoms with E-state index in [1.807, 2.05) is 6.92 Å². The summed E-state index contributed by atoms with van der Waals surface area (Å²) in [6.45, 7) is 9.01. The summed E-state index contributed by atoms with van der Waals surface area (Å²) in [4.78, 5) is 13.6. The second-order valence-electron chi connectivity index (χ2n) is 7.19. The van der Waals surface area contributed by atoms with Crippen molar-refractivity contribution in [1.29, 1.82) is 0 Å². The van der Waals surface area contributed by atoms with Gasteiger partial charge in [-0.1, -0.05) is 59.9 Å². The largest absolute Gasteiger partial charge is 0.302 e. The number of aromatic nitrogens is 5. The van der Waals surface area contributed by atoms with Crippen LogP contribution in [0.3, 0.4) is 0 Å². The number of nitrogens with zero attached hydrogens (tertiary/aromatic N) is 5. The first-order valence-electron chi connectivity index (χ1n) is 10.3. The third-order valence-electron chi connectivity index (χ3n) is 4.94. The molecule has 166 valence electrons. The Balaban J connectivity index is 1.54. The predicted molar refractivity (Wildman–Crippen MR) is 133 cm³/mol. The van der Waals surface area contributed by atoms with Crippen LogP contribution in [0.2, 0.25) is 0 Å². The summed E-state index contributed by atoms with van der Waals surface area (Å²) in [5, 5.41) is 24.0. The van der Waals surface area contributed by atoms with E-state index in [-0.39, 0.29) is 11.7 Å². The van der Waals surface area contributed by atoms with Crippen LogP contribution < -0.4 is 5.32 Å². The molecule has 7 nitrogen and oxygen atoms in total. The van der Waals surface area contributed by atoms with Crippen LogP contribution in [0, 0.1) is 13.8 Å². The van der Waals surface area contributed by atoms with Crippen molar-refractivity contribution in [1.82, 2.24) is 25.0 Å². The second kappa shape index (κ2) is 9.93. The van der Waals surface area contributed by atoms with Crippen molar-refractivity contribution in [2.45, 2.75) is 45.8 Å². The minimum absolute atomic E-state index is 0.132. The second-order valence-corrected chi connectivity index (χ2v) is 10.3. The molecule has 0 aliphatic carbocycles. The molecule has 0 aliphatic rings. The Morgan fingerprint density at radius 2 is 1.88 bits per heavy atom. The summed E-state index contributed by atoms with van der Waals surface area (Å²) in [5.41, 5.74) is 4.67.